The maximum absolute atomic E-state index is 12.8. The third-order valence-corrected chi connectivity index (χ3v) is 7.69. The van der Waals surface area contributed by atoms with Crippen LogP contribution in [0.15, 0.2) is 90.2 Å². The Labute approximate surface area is 222 Å². The van der Waals surface area contributed by atoms with Gasteiger partial charge in [0.2, 0.25) is 5.91 Å². The molecule has 180 valence electrons. The van der Waals surface area contributed by atoms with Gasteiger partial charge in [-0.1, -0.05) is 90.1 Å². The standard InChI is InChI=1S/C27H22ClN5OS2/c1-18-9-5-8-14-23(18)33-25(19-10-3-2-4-11-19)31-32-27(33)35-17-24(34)30-26-29-16-21(36-26)15-20-12-6-7-13-22(20)28/h2-14,16H,15,17H2,1H3,(H,29,30,34). The number of para-hydroxylation sites is 1. The molecule has 2 aromatic heterocycles. The normalized spacial score (nSPS) is 10.9. The monoisotopic (exact) mass is 531 g/mol. The molecule has 9 heteroatoms. The molecule has 0 unspecified atom stereocenters. The lowest BCUT2D eigenvalue weighted by molar-refractivity contribution is -0.113. The molecule has 2 heterocycles. The molecule has 0 aliphatic carbocycles. The van der Waals surface area contributed by atoms with E-state index in [-0.39, 0.29) is 11.7 Å². The largest absolute Gasteiger partial charge is 0.301 e. The number of nitrogens with one attached hydrogen (secondary N) is 1. The highest BCUT2D eigenvalue weighted by Crippen LogP contribution is 2.30. The molecule has 0 spiro atoms. The Bertz CT molecular complexity index is 1500. The number of amides is 1. The molecule has 0 aliphatic heterocycles. The summed E-state index contributed by atoms with van der Waals surface area (Å²) in [6.07, 6.45) is 2.45. The van der Waals surface area contributed by atoms with Crippen LogP contribution in [0.2, 0.25) is 5.02 Å². The molecule has 1 amide bonds. The van der Waals surface area contributed by atoms with E-state index in [4.69, 9.17) is 11.6 Å². The van der Waals surface area contributed by atoms with Crippen LogP contribution in [0.25, 0.3) is 17.1 Å². The number of hydrogen-bond donors (Lipinski definition) is 1. The maximum atomic E-state index is 12.8. The van der Waals surface area contributed by atoms with Gasteiger partial charge in [0, 0.05) is 28.1 Å². The summed E-state index contributed by atoms with van der Waals surface area (Å²) in [5.74, 6) is 0.759. The number of halogens is 1. The van der Waals surface area contributed by atoms with Crippen LogP contribution in [0.5, 0.6) is 0 Å². The average Bonchev–Trinajstić information content (AvgIpc) is 3.52. The van der Waals surface area contributed by atoms with Crippen molar-refractivity contribution in [2.24, 2.45) is 0 Å². The number of aryl methyl sites for hydroxylation is 1. The number of hydrogen-bond acceptors (Lipinski definition) is 6. The van der Waals surface area contributed by atoms with Crippen molar-refractivity contribution in [2.45, 2.75) is 18.5 Å². The van der Waals surface area contributed by atoms with Gasteiger partial charge in [-0.2, -0.15) is 0 Å². The second kappa shape index (κ2) is 11.1. The molecular formula is C27H22ClN5OS2. The van der Waals surface area contributed by atoms with Crippen molar-refractivity contribution in [1.29, 1.82) is 0 Å². The summed E-state index contributed by atoms with van der Waals surface area (Å²) >= 11 is 9.06. The Morgan fingerprint density at radius 3 is 2.56 bits per heavy atom. The van der Waals surface area contributed by atoms with E-state index in [1.807, 2.05) is 90.4 Å². The summed E-state index contributed by atoms with van der Waals surface area (Å²) in [4.78, 5) is 18.1. The minimum atomic E-state index is -0.153. The lowest BCUT2D eigenvalue weighted by Gasteiger charge is -2.12. The van der Waals surface area contributed by atoms with E-state index < -0.39 is 0 Å². The smallest absolute Gasteiger partial charge is 0.236 e. The average molecular weight is 532 g/mol. The molecule has 0 saturated heterocycles. The van der Waals surface area contributed by atoms with E-state index >= 15 is 0 Å². The number of thiazole rings is 1. The van der Waals surface area contributed by atoms with Crippen LogP contribution in [-0.2, 0) is 11.2 Å². The summed E-state index contributed by atoms with van der Waals surface area (Å²) in [6, 6.07) is 25.7. The fourth-order valence-corrected chi connectivity index (χ4v) is 5.53. The fraction of sp³-hybridized carbons (Fsp3) is 0.111. The van der Waals surface area contributed by atoms with Crippen molar-refractivity contribution >= 4 is 45.7 Å². The van der Waals surface area contributed by atoms with Crippen molar-refractivity contribution in [2.75, 3.05) is 11.1 Å². The van der Waals surface area contributed by atoms with Crippen molar-refractivity contribution in [3.8, 4) is 17.1 Å². The minimum Gasteiger partial charge on any atom is -0.301 e. The Morgan fingerprint density at radius 1 is 1.00 bits per heavy atom. The van der Waals surface area contributed by atoms with Gasteiger partial charge in [0.05, 0.1) is 11.4 Å². The zero-order valence-corrected chi connectivity index (χ0v) is 21.8. The van der Waals surface area contributed by atoms with Gasteiger partial charge in [0.25, 0.3) is 0 Å². The molecule has 0 aliphatic rings. The highest BCUT2D eigenvalue weighted by atomic mass is 35.5. The van der Waals surface area contributed by atoms with Crippen molar-refractivity contribution < 1.29 is 4.79 Å². The predicted molar refractivity (Wildman–Crippen MR) is 147 cm³/mol. The minimum absolute atomic E-state index is 0.153. The number of aromatic nitrogens is 4. The molecule has 5 rings (SSSR count). The van der Waals surface area contributed by atoms with Crippen LogP contribution in [0.3, 0.4) is 0 Å². The second-order valence-electron chi connectivity index (χ2n) is 8.03. The van der Waals surface area contributed by atoms with Gasteiger partial charge in [-0.05, 0) is 30.2 Å². The van der Waals surface area contributed by atoms with E-state index in [1.165, 1.54) is 23.1 Å². The number of carbonyl (C=O) groups is 1. The zero-order valence-electron chi connectivity index (χ0n) is 19.4. The summed E-state index contributed by atoms with van der Waals surface area (Å²) < 4.78 is 2.01. The van der Waals surface area contributed by atoms with Crippen molar-refractivity contribution in [3.63, 3.8) is 0 Å². The van der Waals surface area contributed by atoms with E-state index in [9.17, 15) is 4.79 Å². The Balaban J connectivity index is 1.30. The van der Waals surface area contributed by atoms with Gasteiger partial charge < -0.3 is 5.32 Å². The number of thioether (sulfide) groups is 1. The Kier molecular flexibility index (Phi) is 7.46. The molecule has 0 bridgehead atoms. The zero-order chi connectivity index (χ0) is 24.9. The van der Waals surface area contributed by atoms with Gasteiger partial charge in [0.1, 0.15) is 0 Å². The van der Waals surface area contributed by atoms with Gasteiger partial charge in [-0.25, -0.2) is 4.98 Å². The van der Waals surface area contributed by atoms with Gasteiger partial charge >= 0.3 is 0 Å². The predicted octanol–water partition coefficient (Wildman–Crippen LogP) is 6.67. The third kappa shape index (κ3) is 5.51. The first-order valence-corrected chi connectivity index (χ1v) is 13.4. The molecule has 0 fully saturated rings. The summed E-state index contributed by atoms with van der Waals surface area (Å²) in [7, 11) is 0. The van der Waals surface area contributed by atoms with Crippen LogP contribution in [-0.4, -0.2) is 31.4 Å². The van der Waals surface area contributed by atoms with Crippen LogP contribution in [0.1, 0.15) is 16.0 Å². The number of nitrogens with zero attached hydrogens (tertiary/aromatic N) is 4. The van der Waals surface area contributed by atoms with Gasteiger partial charge in [0.15, 0.2) is 16.1 Å². The molecule has 1 N–H and O–H groups in total. The number of rotatable bonds is 8. The highest BCUT2D eigenvalue weighted by molar-refractivity contribution is 7.99. The molecule has 3 aromatic carbocycles. The van der Waals surface area contributed by atoms with E-state index in [1.54, 1.807) is 6.20 Å². The van der Waals surface area contributed by atoms with Crippen molar-refractivity contribution in [1.82, 2.24) is 19.7 Å². The summed E-state index contributed by atoms with van der Waals surface area (Å²) in [6.45, 7) is 2.05. The first kappa shape index (κ1) is 24.2. The lowest BCUT2D eigenvalue weighted by Crippen LogP contribution is -2.14. The molecule has 0 radical (unpaired) electrons. The number of benzene rings is 3. The number of anilines is 1. The molecule has 5 aromatic rings. The fourth-order valence-electron chi connectivity index (χ4n) is 3.73. The van der Waals surface area contributed by atoms with Crippen LogP contribution >= 0.6 is 34.7 Å². The Morgan fingerprint density at radius 2 is 1.75 bits per heavy atom. The maximum Gasteiger partial charge on any atom is 0.236 e. The van der Waals surface area contributed by atoms with Crippen LogP contribution < -0.4 is 5.32 Å². The molecule has 0 atom stereocenters. The SMILES string of the molecule is Cc1ccccc1-n1c(SCC(=O)Nc2ncc(Cc3ccccc3Cl)s2)nnc1-c1ccccc1. The lowest BCUT2D eigenvalue weighted by atomic mass is 10.1. The molecular weight excluding hydrogens is 510 g/mol. The number of carbonyl (C=O) groups excluding carboxylic acids is 1. The van der Waals surface area contributed by atoms with Gasteiger partial charge in [-0.15, -0.1) is 21.5 Å². The van der Waals surface area contributed by atoms with E-state index in [0.717, 1.165) is 38.1 Å². The van der Waals surface area contributed by atoms with Crippen LogP contribution in [0, 0.1) is 6.92 Å². The topological polar surface area (TPSA) is 72.7 Å². The highest BCUT2D eigenvalue weighted by Gasteiger charge is 2.18. The summed E-state index contributed by atoms with van der Waals surface area (Å²) in [5, 5.41) is 13.7. The first-order chi connectivity index (χ1) is 17.6. The van der Waals surface area contributed by atoms with Gasteiger partial charge in [-0.3, -0.25) is 9.36 Å². The van der Waals surface area contributed by atoms with Crippen LogP contribution in [0.4, 0.5) is 5.13 Å². The molecule has 0 saturated carbocycles. The van der Waals surface area contributed by atoms with Crippen molar-refractivity contribution in [3.05, 3.63) is 106 Å². The molecule has 6 nitrogen and oxygen atoms in total. The van der Waals surface area contributed by atoms with E-state index in [0.29, 0.717) is 16.7 Å². The Hall–Kier alpha value is -3.46. The third-order valence-electron chi connectivity index (χ3n) is 5.48. The first-order valence-electron chi connectivity index (χ1n) is 11.3. The second-order valence-corrected chi connectivity index (χ2v) is 10.5. The summed E-state index contributed by atoms with van der Waals surface area (Å²) in [5.41, 5.74) is 4.06. The quantitative estimate of drug-likeness (QED) is 0.226. The molecule has 36 heavy (non-hydrogen) atoms. The van der Waals surface area contributed by atoms with E-state index in [2.05, 4.69) is 20.5 Å².